The Morgan fingerprint density at radius 3 is 2.64 bits per heavy atom. The van der Waals surface area contributed by atoms with Gasteiger partial charge in [-0.3, -0.25) is 4.79 Å². The number of hydrogen-bond acceptors (Lipinski definition) is 5. The number of methoxy groups -OCH3 is 2. The van der Waals surface area contributed by atoms with Gasteiger partial charge in [0.15, 0.2) is 22.9 Å². The van der Waals surface area contributed by atoms with Gasteiger partial charge in [-0.15, -0.1) is 0 Å². The minimum atomic E-state index is -0.306. The number of carbonyl (C=O) groups is 1. The van der Waals surface area contributed by atoms with Crippen LogP contribution in [0, 0.1) is 0 Å². The van der Waals surface area contributed by atoms with Crippen LogP contribution < -0.4 is 14.8 Å². The number of hydrogen-bond donors (Lipinski definition) is 1. The average Bonchev–Trinajstić information content (AvgIpc) is 2.97. The summed E-state index contributed by atoms with van der Waals surface area (Å²) in [5.74, 6) is 1.13. The molecule has 0 saturated heterocycles. The number of nitrogens with one attached hydrogen (secondary N) is 1. The molecule has 1 N–H and O–H groups in total. The number of amides is 1. The number of nitrogens with zero attached hydrogens (tertiary/aromatic N) is 1. The van der Waals surface area contributed by atoms with Crippen LogP contribution in [0.5, 0.6) is 11.5 Å². The van der Waals surface area contributed by atoms with E-state index < -0.39 is 0 Å². The van der Waals surface area contributed by atoms with Crippen LogP contribution >= 0.6 is 0 Å². The Morgan fingerprint density at radius 1 is 1.09 bits per heavy atom. The highest BCUT2D eigenvalue weighted by atomic mass is 16.5. The van der Waals surface area contributed by atoms with E-state index in [0.29, 0.717) is 28.5 Å². The summed E-state index contributed by atoms with van der Waals surface area (Å²) in [5, 5.41) is 7.35. The second-order valence-electron chi connectivity index (χ2n) is 4.55. The summed E-state index contributed by atoms with van der Waals surface area (Å²) in [7, 11) is 3.06. The topological polar surface area (TPSA) is 73.6 Å². The van der Waals surface area contributed by atoms with Crippen LogP contribution in [0.15, 0.2) is 47.0 Å². The lowest BCUT2D eigenvalue weighted by Gasteiger charge is -2.09. The van der Waals surface area contributed by atoms with Gasteiger partial charge in [-0.25, -0.2) is 0 Å². The van der Waals surface area contributed by atoms with Crippen molar-refractivity contribution in [2.24, 2.45) is 0 Å². The molecule has 0 fully saturated rings. The average molecular weight is 298 g/mol. The van der Waals surface area contributed by atoms with Crippen LogP contribution in [0.1, 0.15) is 10.4 Å². The van der Waals surface area contributed by atoms with E-state index in [-0.39, 0.29) is 5.91 Å². The van der Waals surface area contributed by atoms with Gasteiger partial charge < -0.3 is 19.3 Å². The Balaban J connectivity index is 1.88. The van der Waals surface area contributed by atoms with Crippen LogP contribution in [0.25, 0.3) is 11.0 Å². The van der Waals surface area contributed by atoms with Gasteiger partial charge >= 0.3 is 0 Å². The van der Waals surface area contributed by atoms with Crippen LogP contribution in [0.3, 0.4) is 0 Å². The highest BCUT2D eigenvalue weighted by Crippen LogP contribution is 2.28. The Kier molecular flexibility index (Phi) is 3.65. The molecule has 112 valence electrons. The van der Waals surface area contributed by atoms with Crippen LogP contribution in [0.2, 0.25) is 0 Å². The predicted molar refractivity (Wildman–Crippen MR) is 81.5 cm³/mol. The number of para-hydroxylation sites is 1. The van der Waals surface area contributed by atoms with Crippen molar-refractivity contribution in [1.29, 1.82) is 0 Å². The lowest BCUT2D eigenvalue weighted by Crippen LogP contribution is -2.12. The van der Waals surface area contributed by atoms with E-state index in [4.69, 9.17) is 14.0 Å². The molecule has 0 spiro atoms. The number of carbonyl (C=O) groups excluding carboxylic acids is 1. The van der Waals surface area contributed by atoms with Crippen LogP contribution in [-0.4, -0.2) is 25.3 Å². The van der Waals surface area contributed by atoms with Gasteiger partial charge in [0.25, 0.3) is 5.91 Å². The van der Waals surface area contributed by atoms with Crippen molar-refractivity contribution in [2.45, 2.75) is 0 Å². The van der Waals surface area contributed by atoms with Gasteiger partial charge in [-0.2, -0.15) is 0 Å². The van der Waals surface area contributed by atoms with Crippen LogP contribution in [-0.2, 0) is 0 Å². The van der Waals surface area contributed by atoms with Crippen molar-refractivity contribution in [3.63, 3.8) is 0 Å². The van der Waals surface area contributed by atoms with Crippen molar-refractivity contribution in [2.75, 3.05) is 19.5 Å². The number of benzene rings is 2. The Labute approximate surface area is 126 Å². The third-order valence-electron chi connectivity index (χ3n) is 3.26. The van der Waals surface area contributed by atoms with Crippen molar-refractivity contribution in [3.05, 3.63) is 48.0 Å². The lowest BCUT2D eigenvalue weighted by molar-refractivity contribution is 0.102. The second-order valence-corrected chi connectivity index (χ2v) is 4.55. The number of aromatic nitrogens is 1. The fourth-order valence-corrected chi connectivity index (χ4v) is 2.13. The normalized spacial score (nSPS) is 10.5. The first-order valence-electron chi connectivity index (χ1n) is 6.60. The fraction of sp³-hybridized carbons (Fsp3) is 0.125. The highest BCUT2D eigenvalue weighted by Gasteiger charge is 2.14. The summed E-state index contributed by atoms with van der Waals surface area (Å²) in [4.78, 5) is 12.3. The first kappa shape index (κ1) is 13.9. The molecule has 1 amide bonds. The number of anilines is 1. The molecule has 6 heteroatoms. The third-order valence-corrected chi connectivity index (χ3v) is 3.26. The molecule has 2 aromatic carbocycles. The van der Waals surface area contributed by atoms with Gasteiger partial charge in [0.2, 0.25) is 0 Å². The van der Waals surface area contributed by atoms with Gasteiger partial charge in [0.05, 0.1) is 19.6 Å². The maximum absolute atomic E-state index is 12.3. The smallest absolute Gasteiger partial charge is 0.257 e. The zero-order chi connectivity index (χ0) is 15.5. The first-order valence-corrected chi connectivity index (χ1v) is 6.60. The fourth-order valence-electron chi connectivity index (χ4n) is 2.13. The minimum absolute atomic E-state index is 0.306. The molecule has 22 heavy (non-hydrogen) atoms. The molecule has 6 nitrogen and oxygen atoms in total. The molecular weight excluding hydrogens is 284 g/mol. The summed E-state index contributed by atoms with van der Waals surface area (Å²) in [6.07, 6.45) is 0. The number of fused-ring (bicyclic) bond motifs is 1. The molecule has 3 rings (SSSR count). The summed E-state index contributed by atoms with van der Waals surface area (Å²) in [5.41, 5.74) is 1.05. The van der Waals surface area contributed by atoms with E-state index in [9.17, 15) is 4.79 Å². The number of rotatable bonds is 4. The molecule has 0 saturated carbocycles. The number of ether oxygens (including phenoxy) is 2. The Bertz CT molecular complexity index is 826. The van der Waals surface area contributed by atoms with E-state index in [2.05, 4.69) is 10.5 Å². The van der Waals surface area contributed by atoms with Crippen molar-refractivity contribution < 1.29 is 18.8 Å². The minimum Gasteiger partial charge on any atom is -0.493 e. The van der Waals surface area contributed by atoms with E-state index in [1.807, 2.05) is 18.2 Å². The molecule has 0 aliphatic heterocycles. The Morgan fingerprint density at radius 2 is 1.86 bits per heavy atom. The van der Waals surface area contributed by atoms with Crippen molar-refractivity contribution in [1.82, 2.24) is 5.16 Å². The van der Waals surface area contributed by atoms with Crippen molar-refractivity contribution in [3.8, 4) is 11.5 Å². The molecule has 0 bridgehead atoms. The van der Waals surface area contributed by atoms with Gasteiger partial charge in [0.1, 0.15) is 0 Å². The van der Waals surface area contributed by atoms with Gasteiger partial charge in [-0.1, -0.05) is 17.3 Å². The van der Waals surface area contributed by atoms with Crippen molar-refractivity contribution >= 4 is 22.7 Å². The molecule has 1 aromatic heterocycles. The zero-order valence-electron chi connectivity index (χ0n) is 12.1. The van der Waals surface area contributed by atoms with Crippen LogP contribution in [0.4, 0.5) is 5.82 Å². The lowest BCUT2D eigenvalue weighted by atomic mass is 10.2. The molecule has 3 aromatic rings. The zero-order valence-corrected chi connectivity index (χ0v) is 12.1. The maximum Gasteiger partial charge on any atom is 0.257 e. The monoisotopic (exact) mass is 298 g/mol. The SMILES string of the molecule is COc1ccc(C(=O)Nc2noc3ccccc23)cc1OC. The summed E-state index contributed by atoms with van der Waals surface area (Å²) >= 11 is 0. The first-order chi connectivity index (χ1) is 10.7. The summed E-state index contributed by atoms with van der Waals surface area (Å²) < 4.78 is 15.5. The molecule has 0 aliphatic carbocycles. The highest BCUT2D eigenvalue weighted by molar-refractivity contribution is 6.07. The summed E-state index contributed by atoms with van der Waals surface area (Å²) in [6, 6.07) is 12.2. The van der Waals surface area contributed by atoms with Gasteiger partial charge in [0, 0.05) is 5.56 Å². The Hall–Kier alpha value is -3.02. The maximum atomic E-state index is 12.3. The second kappa shape index (κ2) is 5.77. The van der Waals surface area contributed by atoms with Gasteiger partial charge in [-0.05, 0) is 30.3 Å². The van der Waals surface area contributed by atoms with E-state index >= 15 is 0 Å². The largest absolute Gasteiger partial charge is 0.493 e. The van der Waals surface area contributed by atoms with E-state index in [1.54, 1.807) is 31.4 Å². The third kappa shape index (κ3) is 2.46. The standard InChI is InChI=1S/C16H14N2O4/c1-20-13-8-7-10(9-14(13)21-2)16(19)17-15-11-5-3-4-6-12(11)22-18-15/h3-9H,1-2H3,(H,17,18,19). The molecule has 0 radical (unpaired) electrons. The summed E-state index contributed by atoms with van der Waals surface area (Å²) in [6.45, 7) is 0. The quantitative estimate of drug-likeness (QED) is 0.801. The predicted octanol–water partition coefficient (Wildman–Crippen LogP) is 3.10. The molecule has 0 atom stereocenters. The molecule has 0 unspecified atom stereocenters. The molecule has 1 heterocycles. The molecule has 0 aliphatic rings. The molecular formula is C16H14N2O4. The van der Waals surface area contributed by atoms with E-state index in [0.717, 1.165) is 5.39 Å². The van der Waals surface area contributed by atoms with E-state index in [1.165, 1.54) is 7.11 Å².